The third-order valence-corrected chi connectivity index (χ3v) is 3.81. The summed E-state index contributed by atoms with van der Waals surface area (Å²) in [6.45, 7) is 4.19. The lowest BCUT2D eigenvalue weighted by Crippen LogP contribution is -2.36. The van der Waals surface area contributed by atoms with E-state index in [0.717, 1.165) is 16.7 Å². The summed E-state index contributed by atoms with van der Waals surface area (Å²) in [4.78, 5) is 23.7. The number of nitrogens with one attached hydrogen (secondary N) is 2. The van der Waals surface area contributed by atoms with Crippen molar-refractivity contribution in [2.45, 2.75) is 20.8 Å². The number of anilines is 1. The fourth-order valence-electron chi connectivity index (χ4n) is 2.61. The van der Waals surface area contributed by atoms with Gasteiger partial charge in [-0.2, -0.15) is 8.78 Å². The molecule has 0 saturated carbocycles. The Morgan fingerprint density at radius 2 is 1.43 bits per heavy atom. The molecule has 5 nitrogen and oxygen atoms in total. The van der Waals surface area contributed by atoms with Gasteiger partial charge in [0.15, 0.2) is 24.0 Å². The summed E-state index contributed by atoms with van der Waals surface area (Å²) in [5.41, 5.74) is 3.34. The molecule has 0 saturated heterocycles. The van der Waals surface area contributed by atoms with Crippen LogP contribution in [0.5, 0.6) is 5.75 Å². The molecule has 2 amide bonds. The van der Waals surface area contributed by atoms with Crippen molar-refractivity contribution in [2.24, 2.45) is 0 Å². The Balaban J connectivity index is 1.91. The number of rotatable bonds is 6. The maximum atomic E-state index is 13.5. The van der Waals surface area contributed by atoms with E-state index in [9.17, 15) is 27.2 Å². The van der Waals surface area contributed by atoms with Gasteiger partial charge in [0.2, 0.25) is 17.5 Å². The van der Waals surface area contributed by atoms with Crippen LogP contribution in [0, 0.1) is 44.0 Å². The molecule has 0 spiro atoms. The molecule has 28 heavy (non-hydrogen) atoms. The molecule has 150 valence electrons. The lowest BCUT2D eigenvalue weighted by molar-refractivity contribution is -0.125. The van der Waals surface area contributed by atoms with E-state index >= 15 is 0 Å². The van der Waals surface area contributed by atoms with Gasteiger partial charge in [-0.15, -0.1) is 0 Å². The highest BCUT2D eigenvalue weighted by molar-refractivity contribution is 5.95. The predicted molar refractivity (Wildman–Crippen MR) is 94.1 cm³/mol. The molecular weight excluding hydrogens is 380 g/mol. The van der Waals surface area contributed by atoms with Crippen molar-refractivity contribution in [2.75, 3.05) is 18.5 Å². The normalized spacial score (nSPS) is 10.5. The number of benzene rings is 2. The molecule has 0 aliphatic carbocycles. The molecule has 2 rings (SSSR count). The topological polar surface area (TPSA) is 67.4 Å². The zero-order valence-electron chi connectivity index (χ0n) is 15.4. The van der Waals surface area contributed by atoms with E-state index in [2.05, 4.69) is 15.4 Å². The summed E-state index contributed by atoms with van der Waals surface area (Å²) in [6, 6.07) is 3.80. The number of hydrogen-bond donors (Lipinski definition) is 2. The Hall–Kier alpha value is -3.10. The molecule has 0 atom stereocenters. The van der Waals surface area contributed by atoms with E-state index in [0.29, 0.717) is 5.69 Å². The van der Waals surface area contributed by atoms with Crippen molar-refractivity contribution in [3.05, 3.63) is 58.2 Å². The van der Waals surface area contributed by atoms with E-state index in [1.54, 1.807) is 0 Å². The number of carbonyl (C=O) groups excluding carboxylic acids is 2. The molecule has 0 radical (unpaired) electrons. The fraction of sp³-hybridized carbons (Fsp3) is 0.263. The van der Waals surface area contributed by atoms with Crippen LogP contribution in [0.2, 0.25) is 0 Å². The molecule has 2 aromatic rings. The maximum absolute atomic E-state index is 13.5. The summed E-state index contributed by atoms with van der Waals surface area (Å²) in [5, 5.41) is 4.84. The molecule has 0 heterocycles. The van der Waals surface area contributed by atoms with E-state index < -0.39 is 54.0 Å². The zero-order chi connectivity index (χ0) is 21.0. The van der Waals surface area contributed by atoms with Crippen LogP contribution in [0.4, 0.5) is 23.2 Å². The van der Waals surface area contributed by atoms with Gasteiger partial charge in [0.25, 0.3) is 5.91 Å². The Morgan fingerprint density at radius 1 is 0.893 bits per heavy atom. The molecule has 0 fully saturated rings. The Labute approximate surface area is 158 Å². The summed E-state index contributed by atoms with van der Waals surface area (Å²) in [5.74, 6) is -9.60. The van der Waals surface area contributed by atoms with Gasteiger partial charge in [-0.05, 0) is 31.9 Å². The number of halogens is 4. The van der Waals surface area contributed by atoms with E-state index in [1.165, 1.54) is 0 Å². The quantitative estimate of drug-likeness (QED) is 0.580. The SMILES string of the molecule is Cc1cc(C)c(NC(=O)CNC(=O)COc2c(F)c(F)cc(F)c2F)c(C)c1. The van der Waals surface area contributed by atoms with Crippen LogP contribution in [0.1, 0.15) is 16.7 Å². The first kappa shape index (κ1) is 21.2. The molecule has 2 aromatic carbocycles. The van der Waals surface area contributed by atoms with Crippen LogP contribution in [-0.4, -0.2) is 25.0 Å². The monoisotopic (exact) mass is 398 g/mol. The standard InChI is InChI=1S/C19H18F4N2O3/c1-9-4-10(2)18(11(3)5-9)25-14(26)7-24-15(27)8-28-19-16(22)12(20)6-13(21)17(19)23/h4-6H,7-8H2,1-3H3,(H,24,27)(H,25,26). The number of aryl methyl sites for hydroxylation is 3. The largest absolute Gasteiger partial charge is 0.477 e. The van der Waals surface area contributed by atoms with E-state index in [1.807, 2.05) is 32.9 Å². The molecular formula is C19H18F4N2O3. The third-order valence-electron chi connectivity index (χ3n) is 3.81. The van der Waals surface area contributed by atoms with Crippen molar-refractivity contribution >= 4 is 17.5 Å². The zero-order valence-corrected chi connectivity index (χ0v) is 15.4. The third kappa shape index (κ3) is 4.99. The molecule has 0 aromatic heterocycles. The molecule has 0 unspecified atom stereocenters. The lowest BCUT2D eigenvalue weighted by Gasteiger charge is -2.13. The predicted octanol–water partition coefficient (Wildman–Crippen LogP) is 3.30. The minimum Gasteiger partial charge on any atom is -0.477 e. The van der Waals surface area contributed by atoms with Crippen LogP contribution < -0.4 is 15.4 Å². The Kier molecular flexibility index (Phi) is 6.61. The smallest absolute Gasteiger partial charge is 0.258 e. The summed E-state index contributed by atoms with van der Waals surface area (Å²) in [7, 11) is 0. The van der Waals surface area contributed by atoms with Gasteiger partial charge < -0.3 is 15.4 Å². The number of carbonyl (C=O) groups is 2. The van der Waals surface area contributed by atoms with Crippen LogP contribution >= 0.6 is 0 Å². The first-order valence-corrected chi connectivity index (χ1v) is 8.20. The van der Waals surface area contributed by atoms with Gasteiger partial charge >= 0.3 is 0 Å². The number of ether oxygens (including phenoxy) is 1. The highest BCUT2D eigenvalue weighted by Crippen LogP contribution is 2.26. The second-order valence-corrected chi connectivity index (χ2v) is 6.18. The highest BCUT2D eigenvalue weighted by Gasteiger charge is 2.21. The van der Waals surface area contributed by atoms with Gasteiger partial charge in [0.1, 0.15) is 0 Å². The van der Waals surface area contributed by atoms with Crippen molar-refractivity contribution in [3.8, 4) is 5.75 Å². The van der Waals surface area contributed by atoms with Crippen LogP contribution in [0.15, 0.2) is 18.2 Å². The van der Waals surface area contributed by atoms with Crippen LogP contribution in [0.3, 0.4) is 0 Å². The van der Waals surface area contributed by atoms with Crippen LogP contribution in [-0.2, 0) is 9.59 Å². The minimum absolute atomic E-state index is 0.0248. The van der Waals surface area contributed by atoms with Gasteiger partial charge in [0.05, 0.1) is 6.54 Å². The summed E-state index contributed by atoms with van der Waals surface area (Å²) in [6.07, 6.45) is 0. The first-order chi connectivity index (χ1) is 13.1. The average molecular weight is 398 g/mol. The first-order valence-electron chi connectivity index (χ1n) is 8.20. The number of amides is 2. The highest BCUT2D eigenvalue weighted by atomic mass is 19.2. The molecule has 0 aliphatic heterocycles. The van der Waals surface area contributed by atoms with Crippen molar-refractivity contribution in [3.63, 3.8) is 0 Å². The van der Waals surface area contributed by atoms with E-state index in [-0.39, 0.29) is 6.07 Å². The van der Waals surface area contributed by atoms with Gasteiger partial charge in [-0.1, -0.05) is 17.7 Å². The summed E-state index contributed by atoms with van der Waals surface area (Å²) < 4.78 is 57.6. The van der Waals surface area contributed by atoms with Crippen molar-refractivity contribution < 1.29 is 31.9 Å². The summed E-state index contributed by atoms with van der Waals surface area (Å²) >= 11 is 0. The Morgan fingerprint density at radius 3 is 1.96 bits per heavy atom. The second kappa shape index (κ2) is 8.73. The van der Waals surface area contributed by atoms with Crippen molar-refractivity contribution in [1.82, 2.24) is 5.32 Å². The lowest BCUT2D eigenvalue weighted by atomic mass is 10.1. The fourth-order valence-corrected chi connectivity index (χ4v) is 2.61. The number of hydrogen-bond acceptors (Lipinski definition) is 3. The molecule has 0 bridgehead atoms. The average Bonchev–Trinajstić information content (AvgIpc) is 2.61. The Bertz CT molecular complexity index is 883. The second-order valence-electron chi connectivity index (χ2n) is 6.18. The molecule has 2 N–H and O–H groups in total. The molecule has 0 aliphatic rings. The molecule has 9 heteroatoms. The maximum Gasteiger partial charge on any atom is 0.258 e. The van der Waals surface area contributed by atoms with Crippen molar-refractivity contribution in [1.29, 1.82) is 0 Å². The van der Waals surface area contributed by atoms with Gasteiger partial charge in [-0.25, -0.2) is 8.78 Å². The van der Waals surface area contributed by atoms with Gasteiger partial charge in [0, 0.05) is 11.8 Å². The van der Waals surface area contributed by atoms with Gasteiger partial charge in [-0.3, -0.25) is 9.59 Å². The minimum atomic E-state index is -1.75. The van der Waals surface area contributed by atoms with Crippen LogP contribution in [0.25, 0.3) is 0 Å². The van der Waals surface area contributed by atoms with E-state index in [4.69, 9.17) is 0 Å².